The Morgan fingerprint density at radius 1 is 1.03 bits per heavy atom. The number of carbonyl (C=O) groups excluding carboxylic acids is 3. The molecule has 0 bridgehead atoms. The molecule has 1 unspecified atom stereocenters. The maximum Gasteiger partial charge on any atom is 0.264 e. The van der Waals surface area contributed by atoms with Crippen molar-refractivity contribution in [3.05, 3.63) is 17.0 Å². The largest absolute Gasteiger partial charge is 0.352 e. The van der Waals surface area contributed by atoms with Gasteiger partial charge < -0.3 is 15.5 Å². The van der Waals surface area contributed by atoms with Crippen molar-refractivity contribution in [2.75, 3.05) is 31.5 Å². The molecule has 3 amide bonds. The zero-order valence-electron chi connectivity index (χ0n) is 17.0. The number of nitrogens with zero attached hydrogens (tertiary/aromatic N) is 2. The minimum Gasteiger partial charge on any atom is -0.352 e. The van der Waals surface area contributed by atoms with E-state index < -0.39 is 0 Å². The molecule has 29 heavy (non-hydrogen) atoms. The molecule has 1 atom stereocenters. The lowest BCUT2D eigenvalue weighted by Crippen LogP contribution is -2.55. The molecule has 1 aromatic heterocycles. The number of piperazine rings is 1. The number of hydrogen-bond acceptors (Lipinski definition) is 5. The summed E-state index contributed by atoms with van der Waals surface area (Å²) in [5.74, 6) is 0.317. The van der Waals surface area contributed by atoms with Crippen LogP contribution >= 0.6 is 11.3 Å². The van der Waals surface area contributed by atoms with Crippen molar-refractivity contribution in [2.24, 2.45) is 5.92 Å². The summed E-state index contributed by atoms with van der Waals surface area (Å²) in [7, 11) is 0. The van der Waals surface area contributed by atoms with Gasteiger partial charge in [0.05, 0.1) is 15.9 Å². The monoisotopic (exact) mass is 418 g/mol. The fraction of sp³-hybridized carbons (Fsp3) is 0.667. The van der Waals surface area contributed by atoms with Crippen molar-refractivity contribution in [1.29, 1.82) is 0 Å². The smallest absolute Gasteiger partial charge is 0.264 e. The summed E-state index contributed by atoms with van der Waals surface area (Å²) in [6.45, 7) is 4.57. The normalized spacial score (nSPS) is 21.8. The lowest BCUT2D eigenvalue weighted by atomic mass is 10.2. The van der Waals surface area contributed by atoms with E-state index in [2.05, 4.69) is 15.5 Å². The van der Waals surface area contributed by atoms with Crippen molar-refractivity contribution >= 4 is 34.1 Å². The van der Waals surface area contributed by atoms with Gasteiger partial charge in [0.25, 0.3) is 5.91 Å². The van der Waals surface area contributed by atoms with Gasteiger partial charge in [-0.1, -0.05) is 12.8 Å². The van der Waals surface area contributed by atoms with E-state index in [9.17, 15) is 14.4 Å². The van der Waals surface area contributed by atoms with Crippen LogP contribution in [0.4, 0.5) is 5.00 Å². The highest BCUT2D eigenvalue weighted by atomic mass is 32.1. The lowest BCUT2D eigenvalue weighted by Gasteiger charge is -2.37. The lowest BCUT2D eigenvalue weighted by molar-refractivity contribution is -0.127. The second kappa shape index (κ2) is 8.83. The molecule has 7 nitrogen and oxygen atoms in total. The zero-order valence-corrected chi connectivity index (χ0v) is 17.8. The Kier molecular flexibility index (Phi) is 6.20. The Bertz CT molecular complexity index is 762. The van der Waals surface area contributed by atoms with Gasteiger partial charge in [-0.15, -0.1) is 11.3 Å². The van der Waals surface area contributed by atoms with Gasteiger partial charge in [-0.25, -0.2) is 0 Å². The van der Waals surface area contributed by atoms with Gasteiger partial charge in [-0.3, -0.25) is 19.3 Å². The van der Waals surface area contributed by atoms with Crippen molar-refractivity contribution in [1.82, 2.24) is 15.1 Å². The second-order valence-corrected chi connectivity index (χ2v) is 9.51. The van der Waals surface area contributed by atoms with E-state index in [0.29, 0.717) is 37.1 Å². The number of hydrogen-bond donors (Lipinski definition) is 2. The first-order valence-corrected chi connectivity index (χ1v) is 11.6. The van der Waals surface area contributed by atoms with Gasteiger partial charge >= 0.3 is 0 Å². The van der Waals surface area contributed by atoms with E-state index >= 15 is 0 Å². The zero-order chi connectivity index (χ0) is 20.4. The Hall–Kier alpha value is -1.93. The van der Waals surface area contributed by atoms with Crippen LogP contribution in [0.25, 0.3) is 0 Å². The summed E-state index contributed by atoms with van der Waals surface area (Å²) in [6, 6.07) is 3.77. The Morgan fingerprint density at radius 3 is 2.38 bits per heavy atom. The van der Waals surface area contributed by atoms with E-state index in [1.807, 2.05) is 17.9 Å². The van der Waals surface area contributed by atoms with Crippen molar-refractivity contribution in [2.45, 2.75) is 57.5 Å². The maximum absolute atomic E-state index is 12.8. The van der Waals surface area contributed by atoms with Crippen LogP contribution in [-0.2, 0) is 9.59 Å². The van der Waals surface area contributed by atoms with Crippen LogP contribution in [-0.4, -0.2) is 65.8 Å². The number of nitrogens with one attached hydrogen (secondary N) is 2. The summed E-state index contributed by atoms with van der Waals surface area (Å²) < 4.78 is 0. The van der Waals surface area contributed by atoms with Crippen LogP contribution in [0.5, 0.6) is 0 Å². The molecule has 0 spiro atoms. The van der Waals surface area contributed by atoms with E-state index in [1.165, 1.54) is 24.2 Å². The van der Waals surface area contributed by atoms with Crippen molar-refractivity contribution < 1.29 is 14.4 Å². The first-order chi connectivity index (χ1) is 14.0. The molecule has 3 fully saturated rings. The molecule has 0 aromatic carbocycles. The van der Waals surface area contributed by atoms with Gasteiger partial charge in [0, 0.05) is 38.1 Å². The summed E-state index contributed by atoms with van der Waals surface area (Å²) in [4.78, 5) is 41.9. The molecule has 1 aromatic rings. The molecule has 4 rings (SSSR count). The maximum atomic E-state index is 12.8. The average molecular weight is 419 g/mol. The molecule has 3 aliphatic rings. The summed E-state index contributed by atoms with van der Waals surface area (Å²) >= 11 is 1.34. The fourth-order valence-corrected chi connectivity index (χ4v) is 4.99. The number of carbonyl (C=O) groups is 3. The molecular formula is C21H30N4O3S. The van der Waals surface area contributed by atoms with Crippen LogP contribution in [0.1, 0.15) is 55.1 Å². The van der Waals surface area contributed by atoms with Gasteiger partial charge in [-0.05, 0) is 44.7 Å². The fourth-order valence-electron chi connectivity index (χ4n) is 4.11. The van der Waals surface area contributed by atoms with Gasteiger partial charge in [0.2, 0.25) is 11.8 Å². The van der Waals surface area contributed by atoms with Crippen LogP contribution in [0.15, 0.2) is 12.1 Å². The number of thiophene rings is 1. The van der Waals surface area contributed by atoms with Crippen molar-refractivity contribution in [3.63, 3.8) is 0 Å². The Labute approximate surface area is 175 Å². The van der Waals surface area contributed by atoms with E-state index in [4.69, 9.17) is 0 Å². The molecular weight excluding hydrogens is 388 g/mol. The number of anilines is 1. The van der Waals surface area contributed by atoms with Crippen LogP contribution in [0.3, 0.4) is 0 Å². The minimum atomic E-state index is -0.168. The van der Waals surface area contributed by atoms with Crippen LogP contribution in [0, 0.1) is 5.92 Å². The quantitative estimate of drug-likeness (QED) is 0.743. The molecule has 2 heterocycles. The predicted octanol–water partition coefficient (Wildman–Crippen LogP) is 2.30. The minimum absolute atomic E-state index is 0.00429. The first-order valence-electron chi connectivity index (χ1n) is 10.8. The second-order valence-electron chi connectivity index (χ2n) is 8.42. The summed E-state index contributed by atoms with van der Waals surface area (Å²) in [5.41, 5.74) is 0. The van der Waals surface area contributed by atoms with Crippen LogP contribution < -0.4 is 10.6 Å². The van der Waals surface area contributed by atoms with Gasteiger partial charge in [0.1, 0.15) is 0 Å². The van der Waals surface area contributed by atoms with Gasteiger partial charge in [-0.2, -0.15) is 0 Å². The summed E-state index contributed by atoms with van der Waals surface area (Å²) in [5, 5.41) is 6.81. The standard InChI is InChI=1S/C21H30N4O3S/c1-14(19(26)22-16-4-2-3-5-16)24-10-12-25(13-11-24)21(28)17-8-9-18(29-17)23-20(27)15-6-7-15/h8-9,14-16H,2-7,10-13H2,1H3,(H,22,26)(H,23,27). The van der Waals surface area contributed by atoms with Crippen molar-refractivity contribution in [3.8, 4) is 0 Å². The highest BCUT2D eigenvalue weighted by molar-refractivity contribution is 7.18. The third kappa shape index (κ3) is 4.98. The third-order valence-corrected chi connectivity index (χ3v) is 7.23. The molecule has 2 N–H and O–H groups in total. The highest BCUT2D eigenvalue weighted by Crippen LogP contribution is 2.32. The molecule has 2 aliphatic carbocycles. The average Bonchev–Trinajstić information content (AvgIpc) is 3.28. The predicted molar refractivity (Wildman–Crippen MR) is 113 cm³/mol. The molecule has 158 valence electrons. The number of amides is 3. The van der Waals surface area contributed by atoms with E-state index in [-0.39, 0.29) is 29.7 Å². The molecule has 2 saturated carbocycles. The highest BCUT2D eigenvalue weighted by Gasteiger charge is 2.31. The topological polar surface area (TPSA) is 81.8 Å². The SMILES string of the molecule is CC(C(=O)NC1CCCC1)N1CCN(C(=O)c2ccc(NC(=O)C3CC3)s2)CC1. The van der Waals surface area contributed by atoms with Gasteiger partial charge in [0.15, 0.2) is 0 Å². The molecule has 0 radical (unpaired) electrons. The van der Waals surface area contributed by atoms with E-state index in [0.717, 1.165) is 30.7 Å². The van der Waals surface area contributed by atoms with Crippen LogP contribution in [0.2, 0.25) is 0 Å². The third-order valence-electron chi connectivity index (χ3n) is 6.24. The molecule has 8 heteroatoms. The Morgan fingerprint density at radius 2 is 1.72 bits per heavy atom. The molecule has 1 aliphatic heterocycles. The first kappa shape index (κ1) is 20.3. The Balaban J connectivity index is 1.25. The number of rotatable bonds is 6. The van der Waals surface area contributed by atoms with E-state index in [1.54, 1.807) is 6.07 Å². The molecule has 1 saturated heterocycles. The summed E-state index contributed by atoms with van der Waals surface area (Å²) in [6.07, 6.45) is 6.51.